The molecule has 3 N–H and O–H groups in total. The summed E-state index contributed by atoms with van der Waals surface area (Å²) in [5, 5.41) is 6.21. The van der Waals surface area contributed by atoms with Gasteiger partial charge in [0, 0.05) is 35.1 Å². The molecule has 2 aliphatic heterocycles. The number of imide groups is 1. The largest absolute Gasteiger partial charge is 0.351 e. The molecule has 2 aromatic carbocycles. The van der Waals surface area contributed by atoms with Crippen molar-refractivity contribution in [1.29, 1.82) is 0 Å². The second-order valence-electron chi connectivity index (χ2n) is 8.14. The van der Waals surface area contributed by atoms with Crippen LogP contribution in [0.15, 0.2) is 42.5 Å². The number of fused-ring (bicyclic) bond motifs is 2. The first-order valence-electron chi connectivity index (χ1n) is 10.6. The summed E-state index contributed by atoms with van der Waals surface area (Å²) < 4.78 is 0. The summed E-state index contributed by atoms with van der Waals surface area (Å²) in [6.07, 6.45) is 1.40. The van der Waals surface area contributed by atoms with Crippen molar-refractivity contribution in [3.63, 3.8) is 0 Å². The van der Waals surface area contributed by atoms with Crippen LogP contribution in [0.3, 0.4) is 0 Å². The lowest BCUT2D eigenvalue weighted by atomic mass is 10.0. The summed E-state index contributed by atoms with van der Waals surface area (Å²) in [7, 11) is 0. The Morgan fingerprint density at radius 1 is 1.16 bits per heavy atom. The number of hydrogen-bond donors (Lipinski definition) is 3. The van der Waals surface area contributed by atoms with Crippen molar-refractivity contribution in [3.05, 3.63) is 64.8 Å². The Hall–Kier alpha value is -3.94. The molecule has 1 saturated heterocycles. The van der Waals surface area contributed by atoms with Crippen LogP contribution in [-0.2, 0) is 22.6 Å². The zero-order valence-electron chi connectivity index (χ0n) is 17.5. The van der Waals surface area contributed by atoms with Gasteiger partial charge < -0.3 is 15.2 Å². The van der Waals surface area contributed by atoms with Gasteiger partial charge in [0.25, 0.3) is 11.8 Å². The minimum Gasteiger partial charge on any atom is -0.351 e. The highest BCUT2D eigenvalue weighted by Crippen LogP contribution is 2.30. The van der Waals surface area contributed by atoms with Gasteiger partial charge >= 0.3 is 0 Å². The molecule has 0 saturated carbocycles. The van der Waals surface area contributed by atoms with Crippen LogP contribution in [0.4, 0.5) is 5.69 Å². The number of anilines is 1. The van der Waals surface area contributed by atoms with Gasteiger partial charge in [-0.05, 0) is 54.3 Å². The van der Waals surface area contributed by atoms with Gasteiger partial charge in [0.1, 0.15) is 11.7 Å². The van der Waals surface area contributed by atoms with Gasteiger partial charge in [0.05, 0.1) is 0 Å². The van der Waals surface area contributed by atoms with E-state index in [9.17, 15) is 19.2 Å². The number of nitrogens with zero attached hydrogens (tertiary/aromatic N) is 1. The van der Waals surface area contributed by atoms with Crippen LogP contribution in [0.1, 0.15) is 51.7 Å². The van der Waals surface area contributed by atoms with E-state index in [1.165, 1.54) is 10.5 Å². The molecular formula is C24H22N4O4. The highest BCUT2D eigenvalue weighted by molar-refractivity contribution is 6.08. The summed E-state index contributed by atoms with van der Waals surface area (Å²) in [5.74, 6) is -1.27. The monoisotopic (exact) mass is 430 g/mol. The Labute approximate surface area is 184 Å². The molecule has 8 heteroatoms. The Morgan fingerprint density at radius 3 is 2.78 bits per heavy atom. The maximum Gasteiger partial charge on any atom is 0.272 e. The predicted octanol–water partition coefficient (Wildman–Crippen LogP) is 2.74. The molecule has 1 fully saturated rings. The number of rotatable bonds is 4. The number of benzene rings is 2. The van der Waals surface area contributed by atoms with E-state index in [4.69, 9.17) is 0 Å². The third-order valence-electron chi connectivity index (χ3n) is 6.16. The van der Waals surface area contributed by atoms with Crippen molar-refractivity contribution in [1.82, 2.24) is 15.2 Å². The van der Waals surface area contributed by atoms with Gasteiger partial charge in [0.15, 0.2) is 0 Å². The zero-order valence-corrected chi connectivity index (χ0v) is 17.5. The van der Waals surface area contributed by atoms with Crippen molar-refractivity contribution >= 4 is 40.2 Å². The Morgan fingerprint density at radius 2 is 2.00 bits per heavy atom. The third-order valence-corrected chi connectivity index (χ3v) is 6.16. The van der Waals surface area contributed by atoms with Crippen LogP contribution in [0, 0.1) is 0 Å². The standard InChI is InChI=1S/C24H22N4O4/c1-2-13-4-3-5-18-17(13)11-19(26-18)22(30)25-15-6-7-16-14(10-15)12-28(24(16)32)20-8-9-21(29)27-23(20)31/h3-7,10-11,20,26H,2,8-9,12H2,1H3,(H,25,30)(H,27,29,31). The van der Waals surface area contributed by atoms with E-state index in [1.54, 1.807) is 18.2 Å². The second kappa shape index (κ2) is 7.64. The number of carbonyl (C=O) groups excluding carboxylic acids is 4. The fourth-order valence-corrected chi connectivity index (χ4v) is 4.50. The lowest BCUT2D eigenvalue weighted by Crippen LogP contribution is -2.52. The quantitative estimate of drug-likeness (QED) is 0.553. The average molecular weight is 430 g/mol. The first kappa shape index (κ1) is 20.0. The molecule has 1 aromatic heterocycles. The van der Waals surface area contributed by atoms with Gasteiger partial charge in [-0.15, -0.1) is 0 Å². The van der Waals surface area contributed by atoms with Crippen LogP contribution in [0.25, 0.3) is 10.9 Å². The Kier molecular flexibility index (Phi) is 4.77. The summed E-state index contributed by atoms with van der Waals surface area (Å²) in [4.78, 5) is 53.9. The molecule has 0 aliphatic carbocycles. The summed E-state index contributed by atoms with van der Waals surface area (Å²) in [6, 6.07) is 12.2. The van der Waals surface area contributed by atoms with Gasteiger partial charge in [-0.25, -0.2) is 0 Å². The van der Waals surface area contributed by atoms with Crippen molar-refractivity contribution in [2.24, 2.45) is 0 Å². The molecule has 8 nitrogen and oxygen atoms in total. The SMILES string of the molecule is CCc1cccc2[nH]c(C(=O)Nc3ccc4c(c3)CN(C3CCC(=O)NC3=O)C4=O)cc12. The van der Waals surface area contributed by atoms with E-state index in [0.29, 0.717) is 23.4 Å². The number of piperidine rings is 1. The van der Waals surface area contributed by atoms with Crippen LogP contribution in [0.2, 0.25) is 0 Å². The highest BCUT2D eigenvalue weighted by Gasteiger charge is 2.39. The first-order valence-corrected chi connectivity index (χ1v) is 10.6. The van der Waals surface area contributed by atoms with Gasteiger partial charge in [-0.2, -0.15) is 0 Å². The number of aryl methyl sites for hydroxylation is 1. The third kappa shape index (κ3) is 3.33. The number of aromatic nitrogens is 1. The van der Waals surface area contributed by atoms with Crippen LogP contribution >= 0.6 is 0 Å². The molecule has 162 valence electrons. The molecular weight excluding hydrogens is 408 g/mol. The van der Waals surface area contributed by atoms with Crippen LogP contribution < -0.4 is 10.6 Å². The van der Waals surface area contributed by atoms with Gasteiger partial charge in [-0.1, -0.05) is 19.1 Å². The molecule has 3 heterocycles. The average Bonchev–Trinajstić information content (AvgIpc) is 3.35. The maximum absolute atomic E-state index is 12.8. The number of hydrogen-bond acceptors (Lipinski definition) is 4. The van der Waals surface area contributed by atoms with Crippen molar-refractivity contribution in [3.8, 4) is 0 Å². The number of nitrogens with one attached hydrogen (secondary N) is 3. The van der Waals surface area contributed by atoms with Crippen molar-refractivity contribution < 1.29 is 19.2 Å². The fourth-order valence-electron chi connectivity index (χ4n) is 4.50. The zero-order chi connectivity index (χ0) is 22.4. The lowest BCUT2D eigenvalue weighted by molar-refractivity contribution is -0.136. The highest BCUT2D eigenvalue weighted by atomic mass is 16.2. The summed E-state index contributed by atoms with van der Waals surface area (Å²) in [6.45, 7) is 2.34. The molecule has 2 aliphatic rings. The molecule has 3 aromatic rings. The molecule has 32 heavy (non-hydrogen) atoms. The van der Waals surface area contributed by atoms with Crippen molar-refractivity contribution in [2.45, 2.75) is 38.8 Å². The van der Waals surface area contributed by atoms with Gasteiger partial charge in [-0.3, -0.25) is 24.5 Å². The summed E-state index contributed by atoms with van der Waals surface area (Å²) in [5.41, 5.74) is 4.35. The molecule has 0 radical (unpaired) electrons. The van der Waals surface area contributed by atoms with Crippen LogP contribution in [0.5, 0.6) is 0 Å². The number of amides is 4. The maximum atomic E-state index is 12.8. The normalized spacial score (nSPS) is 18.1. The number of aromatic amines is 1. The molecule has 5 rings (SSSR count). The Balaban J connectivity index is 1.35. The minimum absolute atomic E-state index is 0.210. The molecule has 4 amide bonds. The van der Waals surface area contributed by atoms with E-state index in [1.807, 2.05) is 24.3 Å². The van der Waals surface area contributed by atoms with E-state index in [0.717, 1.165) is 22.9 Å². The number of H-pyrrole nitrogens is 1. The minimum atomic E-state index is -0.662. The first-order chi connectivity index (χ1) is 15.4. The Bertz CT molecular complexity index is 1290. The molecule has 1 unspecified atom stereocenters. The molecule has 1 atom stereocenters. The fraction of sp³-hybridized carbons (Fsp3) is 0.250. The van der Waals surface area contributed by atoms with E-state index < -0.39 is 11.9 Å². The topological polar surface area (TPSA) is 111 Å². The van der Waals surface area contributed by atoms with Crippen LogP contribution in [-0.4, -0.2) is 39.6 Å². The number of carbonyl (C=O) groups is 4. The van der Waals surface area contributed by atoms with E-state index in [2.05, 4.69) is 22.5 Å². The molecule has 0 spiro atoms. The van der Waals surface area contributed by atoms with Crippen molar-refractivity contribution in [2.75, 3.05) is 5.32 Å². The smallest absolute Gasteiger partial charge is 0.272 e. The second-order valence-corrected chi connectivity index (χ2v) is 8.14. The lowest BCUT2D eigenvalue weighted by Gasteiger charge is -2.29. The summed E-state index contributed by atoms with van der Waals surface area (Å²) >= 11 is 0. The molecule has 0 bridgehead atoms. The van der Waals surface area contributed by atoms with E-state index >= 15 is 0 Å². The predicted molar refractivity (Wildman–Crippen MR) is 118 cm³/mol. The van der Waals surface area contributed by atoms with Gasteiger partial charge in [0.2, 0.25) is 11.8 Å². The van der Waals surface area contributed by atoms with E-state index in [-0.39, 0.29) is 30.7 Å².